The number of benzene rings is 2. The summed E-state index contributed by atoms with van der Waals surface area (Å²) in [6.07, 6.45) is 0. The van der Waals surface area contributed by atoms with E-state index in [0.717, 1.165) is 6.07 Å². The van der Waals surface area contributed by atoms with Gasteiger partial charge in [-0.3, -0.25) is 10.1 Å². The van der Waals surface area contributed by atoms with Crippen molar-refractivity contribution in [2.24, 2.45) is 0 Å². The first kappa shape index (κ1) is 14.9. The number of nitrogens with zero attached hydrogens (tertiary/aromatic N) is 1. The summed E-state index contributed by atoms with van der Waals surface area (Å²) in [5.41, 5.74) is 1.49. The molecule has 4 nitrogen and oxygen atoms in total. The monoisotopic (exact) mass is 292 g/mol. The molecule has 0 aliphatic heterocycles. The van der Waals surface area contributed by atoms with Gasteiger partial charge in [-0.25, -0.2) is 8.78 Å². The van der Waals surface area contributed by atoms with Crippen molar-refractivity contribution in [2.75, 3.05) is 5.32 Å². The van der Waals surface area contributed by atoms with Crippen LogP contribution in [0.3, 0.4) is 0 Å². The van der Waals surface area contributed by atoms with Crippen molar-refractivity contribution >= 4 is 11.4 Å². The fourth-order valence-electron chi connectivity index (χ4n) is 2.05. The number of aryl methyl sites for hydroxylation is 1. The van der Waals surface area contributed by atoms with Crippen molar-refractivity contribution in [3.8, 4) is 0 Å². The highest BCUT2D eigenvalue weighted by Gasteiger charge is 2.13. The summed E-state index contributed by atoms with van der Waals surface area (Å²) in [6, 6.07) is 7.58. The standard InChI is InChI=1S/C15H14F2N2O2/c1-9-3-4-14(8-15(9)19(20)21)18-10(2)11-5-12(16)7-13(17)6-11/h3-8,10,18H,1-2H3. The molecular formula is C15H14F2N2O2. The summed E-state index contributed by atoms with van der Waals surface area (Å²) in [5.74, 6) is -1.32. The molecule has 0 spiro atoms. The molecule has 1 atom stereocenters. The maximum Gasteiger partial charge on any atom is 0.274 e. The highest BCUT2D eigenvalue weighted by molar-refractivity contribution is 5.55. The number of nitro benzene ring substituents is 1. The van der Waals surface area contributed by atoms with Crippen LogP contribution >= 0.6 is 0 Å². The van der Waals surface area contributed by atoms with Gasteiger partial charge in [0.25, 0.3) is 5.69 Å². The molecule has 0 radical (unpaired) electrons. The minimum Gasteiger partial charge on any atom is -0.378 e. The smallest absolute Gasteiger partial charge is 0.274 e. The van der Waals surface area contributed by atoms with Crippen molar-refractivity contribution < 1.29 is 13.7 Å². The molecule has 110 valence electrons. The molecule has 2 aromatic rings. The summed E-state index contributed by atoms with van der Waals surface area (Å²) >= 11 is 0. The zero-order chi connectivity index (χ0) is 15.6. The fraction of sp³-hybridized carbons (Fsp3) is 0.200. The van der Waals surface area contributed by atoms with Crippen molar-refractivity contribution in [3.63, 3.8) is 0 Å². The van der Waals surface area contributed by atoms with Crippen LogP contribution in [-0.4, -0.2) is 4.92 Å². The second-order valence-electron chi connectivity index (χ2n) is 4.83. The quantitative estimate of drug-likeness (QED) is 0.673. The molecule has 0 heterocycles. The first-order valence-corrected chi connectivity index (χ1v) is 6.34. The van der Waals surface area contributed by atoms with Gasteiger partial charge in [0, 0.05) is 29.4 Å². The molecule has 2 aromatic carbocycles. The lowest BCUT2D eigenvalue weighted by Crippen LogP contribution is -2.08. The third-order valence-corrected chi connectivity index (χ3v) is 3.17. The molecule has 1 unspecified atom stereocenters. The zero-order valence-electron chi connectivity index (χ0n) is 11.6. The molecule has 0 aliphatic rings. The first-order chi connectivity index (χ1) is 9.86. The van der Waals surface area contributed by atoms with E-state index in [1.807, 2.05) is 0 Å². The average Bonchev–Trinajstić information content (AvgIpc) is 2.39. The van der Waals surface area contributed by atoms with E-state index < -0.39 is 22.6 Å². The number of hydrogen-bond donors (Lipinski definition) is 1. The minimum absolute atomic E-state index is 0.00220. The minimum atomic E-state index is -0.659. The Bertz CT molecular complexity index is 669. The molecule has 1 N–H and O–H groups in total. The van der Waals surface area contributed by atoms with E-state index in [1.54, 1.807) is 26.0 Å². The molecule has 6 heteroatoms. The average molecular weight is 292 g/mol. The third kappa shape index (κ3) is 3.53. The first-order valence-electron chi connectivity index (χ1n) is 6.34. The Balaban J connectivity index is 2.25. The molecular weight excluding hydrogens is 278 g/mol. The van der Waals surface area contributed by atoms with Crippen molar-refractivity contribution in [2.45, 2.75) is 19.9 Å². The van der Waals surface area contributed by atoms with Gasteiger partial charge < -0.3 is 5.32 Å². The van der Waals surface area contributed by atoms with E-state index in [0.29, 0.717) is 16.8 Å². The second-order valence-corrected chi connectivity index (χ2v) is 4.83. The molecule has 0 aliphatic carbocycles. The number of halogens is 2. The van der Waals surface area contributed by atoms with Crippen LogP contribution in [0.2, 0.25) is 0 Å². The lowest BCUT2D eigenvalue weighted by molar-refractivity contribution is -0.385. The lowest BCUT2D eigenvalue weighted by atomic mass is 10.1. The van der Waals surface area contributed by atoms with E-state index in [1.165, 1.54) is 18.2 Å². The number of rotatable bonds is 4. The number of hydrogen-bond acceptors (Lipinski definition) is 3. The Morgan fingerprint density at radius 3 is 2.33 bits per heavy atom. The maximum absolute atomic E-state index is 13.2. The van der Waals surface area contributed by atoms with Crippen molar-refractivity contribution in [1.29, 1.82) is 0 Å². The van der Waals surface area contributed by atoms with Gasteiger partial charge in [0.15, 0.2) is 0 Å². The van der Waals surface area contributed by atoms with Gasteiger partial charge in [-0.1, -0.05) is 6.07 Å². The highest BCUT2D eigenvalue weighted by Crippen LogP contribution is 2.26. The summed E-state index contributed by atoms with van der Waals surface area (Å²) in [4.78, 5) is 10.4. The molecule has 0 amide bonds. The van der Waals surface area contributed by atoms with Gasteiger partial charge in [0.05, 0.1) is 4.92 Å². The van der Waals surface area contributed by atoms with E-state index in [-0.39, 0.29) is 5.69 Å². The fourth-order valence-corrected chi connectivity index (χ4v) is 2.05. The van der Waals surface area contributed by atoms with Gasteiger partial charge in [-0.05, 0) is 37.6 Å². The summed E-state index contributed by atoms with van der Waals surface area (Å²) in [5, 5.41) is 13.9. The van der Waals surface area contributed by atoms with Gasteiger partial charge >= 0.3 is 0 Å². The van der Waals surface area contributed by atoms with Crippen LogP contribution in [0.15, 0.2) is 36.4 Å². The van der Waals surface area contributed by atoms with Crippen LogP contribution in [-0.2, 0) is 0 Å². The SMILES string of the molecule is Cc1ccc(NC(C)c2cc(F)cc(F)c2)cc1[N+](=O)[O-]. The Morgan fingerprint density at radius 1 is 1.14 bits per heavy atom. The topological polar surface area (TPSA) is 55.2 Å². The number of nitrogens with one attached hydrogen (secondary N) is 1. The van der Waals surface area contributed by atoms with E-state index in [2.05, 4.69) is 5.32 Å². The Kier molecular flexibility index (Phi) is 4.16. The Hall–Kier alpha value is -2.50. The molecule has 21 heavy (non-hydrogen) atoms. The number of anilines is 1. The molecule has 0 bridgehead atoms. The lowest BCUT2D eigenvalue weighted by Gasteiger charge is -2.16. The zero-order valence-corrected chi connectivity index (χ0v) is 11.6. The Morgan fingerprint density at radius 2 is 1.76 bits per heavy atom. The molecule has 2 rings (SSSR count). The van der Waals surface area contributed by atoms with Crippen LogP contribution in [0.5, 0.6) is 0 Å². The van der Waals surface area contributed by atoms with Crippen LogP contribution in [0.25, 0.3) is 0 Å². The van der Waals surface area contributed by atoms with E-state index in [9.17, 15) is 18.9 Å². The Labute approximate surface area is 120 Å². The predicted molar refractivity (Wildman–Crippen MR) is 76.2 cm³/mol. The summed E-state index contributed by atoms with van der Waals surface area (Å²) in [7, 11) is 0. The van der Waals surface area contributed by atoms with Gasteiger partial charge in [-0.2, -0.15) is 0 Å². The van der Waals surface area contributed by atoms with Gasteiger partial charge in [-0.15, -0.1) is 0 Å². The normalized spacial score (nSPS) is 12.0. The molecule has 0 saturated carbocycles. The van der Waals surface area contributed by atoms with E-state index >= 15 is 0 Å². The third-order valence-electron chi connectivity index (χ3n) is 3.17. The van der Waals surface area contributed by atoms with Crippen molar-refractivity contribution in [1.82, 2.24) is 0 Å². The summed E-state index contributed by atoms with van der Waals surface area (Å²) < 4.78 is 26.4. The summed E-state index contributed by atoms with van der Waals surface area (Å²) in [6.45, 7) is 3.37. The molecule has 0 aromatic heterocycles. The van der Waals surface area contributed by atoms with Crippen LogP contribution in [0.1, 0.15) is 24.1 Å². The van der Waals surface area contributed by atoms with Gasteiger partial charge in [0.1, 0.15) is 11.6 Å². The van der Waals surface area contributed by atoms with Crippen LogP contribution in [0, 0.1) is 28.7 Å². The predicted octanol–water partition coefficient (Wildman–Crippen LogP) is 4.35. The van der Waals surface area contributed by atoms with Crippen LogP contribution < -0.4 is 5.32 Å². The van der Waals surface area contributed by atoms with Crippen LogP contribution in [0.4, 0.5) is 20.2 Å². The largest absolute Gasteiger partial charge is 0.378 e. The molecule has 0 saturated heterocycles. The highest BCUT2D eigenvalue weighted by atomic mass is 19.1. The van der Waals surface area contributed by atoms with Gasteiger partial charge in [0.2, 0.25) is 0 Å². The van der Waals surface area contributed by atoms with Crippen molar-refractivity contribution in [3.05, 3.63) is 69.3 Å². The molecule has 0 fully saturated rings. The number of nitro groups is 1. The second kappa shape index (κ2) is 5.87. The maximum atomic E-state index is 13.2. The van der Waals surface area contributed by atoms with E-state index in [4.69, 9.17) is 0 Å².